The maximum absolute atomic E-state index is 13.7. The molecular formula is C24H26N8O3. The number of imidazole rings is 1. The molecule has 1 aliphatic rings. The summed E-state index contributed by atoms with van der Waals surface area (Å²) in [6.07, 6.45) is 1.84. The second kappa shape index (κ2) is 8.88. The summed E-state index contributed by atoms with van der Waals surface area (Å²) in [4.78, 5) is 53.3. The third-order valence-corrected chi connectivity index (χ3v) is 6.34. The summed E-state index contributed by atoms with van der Waals surface area (Å²) in [6, 6.07) is 6.92. The molecule has 5 rings (SSSR count). The predicted octanol–water partition coefficient (Wildman–Crippen LogP) is 0.132. The van der Waals surface area contributed by atoms with Crippen molar-refractivity contribution in [3.63, 3.8) is 0 Å². The van der Waals surface area contributed by atoms with E-state index in [0.29, 0.717) is 23.4 Å². The lowest BCUT2D eigenvalue weighted by Gasteiger charge is -2.31. The highest BCUT2D eigenvalue weighted by molar-refractivity contribution is 5.77. The van der Waals surface area contributed by atoms with Crippen LogP contribution < -0.4 is 27.4 Å². The minimum absolute atomic E-state index is 0.00514. The average Bonchev–Trinajstić information content (AvgIpc) is 3.24. The molecule has 11 nitrogen and oxygen atoms in total. The van der Waals surface area contributed by atoms with Crippen molar-refractivity contribution in [2.75, 3.05) is 18.0 Å². The molecular weight excluding hydrogens is 448 g/mol. The number of nitrogens with one attached hydrogen (secondary N) is 1. The molecule has 3 aromatic heterocycles. The highest BCUT2D eigenvalue weighted by Gasteiger charge is 2.26. The van der Waals surface area contributed by atoms with Gasteiger partial charge in [-0.3, -0.25) is 23.3 Å². The Bertz CT molecular complexity index is 1680. The van der Waals surface area contributed by atoms with Crippen LogP contribution >= 0.6 is 0 Å². The van der Waals surface area contributed by atoms with Gasteiger partial charge in [0.25, 0.3) is 11.1 Å². The van der Waals surface area contributed by atoms with Gasteiger partial charge < -0.3 is 15.6 Å². The SMILES string of the molecule is CC#CCn1c(N2CCCC(N)C2)nc2c1c(=O)n(Cc1nc3ccccc3c(=O)[nH]1)c(=O)n2C. The molecule has 1 aliphatic heterocycles. The van der Waals surface area contributed by atoms with E-state index < -0.39 is 11.2 Å². The van der Waals surface area contributed by atoms with Crippen molar-refractivity contribution < 1.29 is 0 Å². The number of rotatable bonds is 4. The van der Waals surface area contributed by atoms with Gasteiger partial charge in [-0.1, -0.05) is 18.1 Å². The van der Waals surface area contributed by atoms with E-state index in [-0.39, 0.29) is 41.7 Å². The fraction of sp³-hybridized carbons (Fsp3) is 0.375. The van der Waals surface area contributed by atoms with E-state index in [1.54, 1.807) is 42.8 Å². The number of H-pyrrole nitrogens is 1. The zero-order valence-electron chi connectivity index (χ0n) is 19.6. The van der Waals surface area contributed by atoms with Crippen molar-refractivity contribution in [1.29, 1.82) is 0 Å². The minimum Gasteiger partial charge on any atom is -0.341 e. The van der Waals surface area contributed by atoms with Crippen molar-refractivity contribution in [1.82, 2.24) is 28.7 Å². The third kappa shape index (κ3) is 3.91. The second-order valence-electron chi connectivity index (χ2n) is 8.71. The lowest BCUT2D eigenvalue weighted by molar-refractivity contribution is 0.496. The fourth-order valence-corrected chi connectivity index (χ4v) is 4.60. The topological polar surface area (TPSA) is 137 Å². The lowest BCUT2D eigenvalue weighted by atomic mass is 10.1. The summed E-state index contributed by atoms with van der Waals surface area (Å²) < 4.78 is 4.16. The van der Waals surface area contributed by atoms with Crippen LogP contribution in [0.1, 0.15) is 25.6 Å². The first kappa shape index (κ1) is 22.6. The van der Waals surface area contributed by atoms with Crippen LogP contribution in [-0.2, 0) is 20.1 Å². The van der Waals surface area contributed by atoms with Crippen LogP contribution in [0.5, 0.6) is 0 Å². The van der Waals surface area contributed by atoms with Crippen LogP contribution in [0.3, 0.4) is 0 Å². The number of aryl methyl sites for hydroxylation is 1. The first-order valence-electron chi connectivity index (χ1n) is 11.5. The van der Waals surface area contributed by atoms with Gasteiger partial charge in [0.05, 0.1) is 24.0 Å². The molecule has 0 saturated carbocycles. The van der Waals surface area contributed by atoms with Crippen molar-refractivity contribution in [3.05, 3.63) is 61.3 Å². The summed E-state index contributed by atoms with van der Waals surface area (Å²) in [5.41, 5.74) is 5.83. The number of hydrogen-bond acceptors (Lipinski definition) is 7. The first-order valence-corrected chi connectivity index (χ1v) is 11.5. The molecule has 180 valence electrons. The Morgan fingerprint density at radius 2 is 1.97 bits per heavy atom. The quantitative estimate of drug-likeness (QED) is 0.401. The van der Waals surface area contributed by atoms with Crippen molar-refractivity contribution in [2.45, 2.75) is 38.9 Å². The van der Waals surface area contributed by atoms with Gasteiger partial charge in [0.1, 0.15) is 5.82 Å². The van der Waals surface area contributed by atoms with E-state index in [2.05, 4.69) is 26.8 Å². The second-order valence-corrected chi connectivity index (χ2v) is 8.71. The highest BCUT2D eigenvalue weighted by Crippen LogP contribution is 2.22. The molecule has 1 unspecified atom stereocenters. The number of benzene rings is 1. The first-order chi connectivity index (χ1) is 16.9. The van der Waals surface area contributed by atoms with Crippen LogP contribution in [0, 0.1) is 11.8 Å². The molecule has 1 atom stereocenters. The standard InChI is InChI=1S/C24H26N8O3/c1-3-4-12-31-19-20(28-23(31)30-11-7-8-15(25)13-30)29(2)24(35)32(22(19)34)14-18-26-17-10-6-5-9-16(17)21(33)27-18/h5-6,9-10,15H,7-8,11-14,25H2,1-2H3,(H,26,27,33). The van der Waals surface area contributed by atoms with Gasteiger partial charge >= 0.3 is 5.69 Å². The van der Waals surface area contributed by atoms with Gasteiger partial charge in [-0.25, -0.2) is 9.78 Å². The van der Waals surface area contributed by atoms with Crippen molar-refractivity contribution in [3.8, 4) is 11.8 Å². The maximum atomic E-state index is 13.7. The molecule has 1 saturated heterocycles. The summed E-state index contributed by atoms with van der Waals surface area (Å²) in [5, 5.41) is 0.438. The molecule has 0 aliphatic carbocycles. The molecule has 4 heterocycles. The molecule has 3 N–H and O–H groups in total. The van der Waals surface area contributed by atoms with E-state index in [1.807, 2.05) is 4.90 Å². The lowest BCUT2D eigenvalue weighted by Crippen LogP contribution is -2.44. The Kier molecular flexibility index (Phi) is 5.74. The van der Waals surface area contributed by atoms with Crippen molar-refractivity contribution >= 4 is 28.0 Å². The summed E-state index contributed by atoms with van der Waals surface area (Å²) in [5.74, 6) is 6.66. The Balaban J connectivity index is 1.70. The van der Waals surface area contributed by atoms with E-state index in [1.165, 1.54) is 4.57 Å². The normalized spacial score (nSPS) is 16.0. The van der Waals surface area contributed by atoms with Crippen molar-refractivity contribution in [2.24, 2.45) is 12.8 Å². The zero-order chi connectivity index (χ0) is 24.7. The van der Waals surface area contributed by atoms with E-state index in [4.69, 9.17) is 5.73 Å². The predicted molar refractivity (Wildman–Crippen MR) is 134 cm³/mol. The number of hydrogen-bond donors (Lipinski definition) is 2. The molecule has 4 aromatic rings. The smallest absolute Gasteiger partial charge is 0.332 e. The number of fused-ring (bicyclic) bond motifs is 2. The zero-order valence-corrected chi connectivity index (χ0v) is 19.6. The van der Waals surface area contributed by atoms with Gasteiger partial charge in [0, 0.05) is 26.2 Å². The summed E-state index contributed by atoms with van der Waals surface area (Å²) in [6.45, 7) is 3.14. The number of piperidine rings is 1. The van der Waals surface area contributed by atoms with Crippen LogP contribution in [0.2, 0.25) is 0 Å². The number of aromatic amines is 1. The molecule has 0 radical (unpaired) electrons. The van der Waals surface area contributed by atoms with Crippen LogP contribution in [0.25, 0.3) is 22.1 Å². The Morgan fingerprint density at radius 1 is 1.17 bits per heavy atom. The van der Waals surface area contributed by atoms with E-state index >= 15 is 0 Å². The van der Waals surface area contributed by atoms with Gasteiger partial charge in [-0.05, 0) is 31.9 Å². The number of aromatic nitrogens is 6. The Hall–Kier alpha value is -4.17. The highest BCUT2D eigenvalue weighted by atomic mass is 16.2. The van der Waals surface area contributed by atoms with Crippen LogP contribution in [0.4, 0.5) is 5.95 Å². The number of para-hydroxylation sites is 1. The third-order valence-electron chi connectivity index (χ3n) is 6.34. The molecule has 11 heteroatoms. The van der Waals surface area contributed by atoms with Gasteiger partial charge in [-0.15, -0.1) is 5.92 Å². The number of nitrogens with two attached hydrogens (primary N) is 1. The fourth-order valence-electron chi connectivity index (χ4n) is 4.60. The molecule has 35 heavy (non-hydrogen) atoms. The average molecular weight is 475 g/mol. The van der Waals surface area contributed by atoms with E-state index in [9.17, 15) is 14.4 Å². The van der Waals surface area contributed by atoms with Crippen LogP contribution in [0.15, 0.2) is 38.6 Å². The molecule has 1 aromatic carbocycles. The minimum atomic E-state index is -0.550. The van der Waals surface area contributed by atoms with Gasteiger partial charge in [-0.2, -0.15) is 4.98 Å². The number of nitrogens with zero attached hydrogens (tertiary/aromatic N) is 6. The molecule has 0 amide bonds. The van der Waals surface area contributed by atoms with Crippen LogP contribution in [-0.4, -0.2) is 47.8 Å². The summed E-state index contributed by atoms with van der Waals surface area (Å²) in [7, 11) is 1.58. The Morgan fingerprint density at radius 3 is 2.74 bits per heavy atom. The molecule has 0 spiro atoms. The molecule has 0 bridgehead atoms. The summed E-state index contributed by atoms with van der Waals surface area (Å²) >= 11 is 0. The molecule has 1 fully saturated rings. The number of anilines is 1. The van der Waals surface area contributed by atoms with Gasteiger partial charge in [0.2, 0.25) is 5.95 Å². The van der Waals surface area contributed by atoms with E-state index in [0.717, 1.165) is 24.0 Å². The maximum Gasteiger partial charge on any atom is 0.332 e. The largest absolute Gasteiger partial charge is 0.341 e. The van der Waals surface area contributed by atoms with Gasteiger partial charge in [0.15, 0.2) is 11.2 Å². The monoisotopic (exact) mass is 474 g/mol. The Labute approximate surface area is 199 Å².